The zero-order chi connectivity index (χ0) is 14.9. The van der Waals surface area contributed by atoms with Crippen LogP contribution in [0.4, 0.5) is 13.2 Å². The van der Waals surface area contributed by atoms with Crippen molar-refractivity contribution >= 4 is 6.08 Å². The van der Waals surface area contributed by atoms with E-state index in [9.17, 15) is 13.2 Å². The summed E-state index contributed by atoms with van der Waals surface area (Å²) in [5.41, 5.74) is 0.559. The fourth-order valence-corrected chi connectivity index (χ4v) is 2.06. The highest BCUT2D eigenvalue weighted by molar-refractivity contribution is 5.62. The molecule has 1 aliphatic rings. The minimum absolute atomic E-state index is 0.195. The van der Waals surface area contributed by atoms with Gasteiger partial charge < -0.3 is 9.47 Å². The number of benzene rings is 2. The number of ether oxygens (including phenoxy) is 2. The van der Waals surface area contributed by atoms with Gasteiger partial charge in [0.1, 0.15) is 11.5 Å². The SMILES string of the molecule is FC(F)(F)C1Oc2ccccc2C=C1Oc1ccccc1. The molecule has 3 rings (SSSR count). The largest absolute Gasteiger partial charge is 0.472 e. The average molecular weight is 292 g/mol. The first-order valence-electron chi connectivity index (χ1n) is 6.31. The Morgan fingerprint density at radius 3 is 2.29 bits per heavy atom. The molecule has 0 radical (unpaired) electrons. The van der Waals surface area contributed by atoms with Crippen LogP contribution in [0.25, 0.3) is 6.08 Å². The molecule has 2 aromatic rings. The van der Waals surface area contributed by atoms with Crippen LogP contribution in [0.5, 0.6) is 11.5 Å². The monoisotopic (exact) mass is 292 g/mol. The molecule has 1 unspecified atom stereocenters. The summed E-state index contributed by atoms with van der Waals surface area (Å²) < 4.78 is 49.9. The first-order valence-corrected chi connectivity index (χ1v) is 6.31. The molecule has 1 aliphatic heterocycles. The number of hydrogen-bond donors (Lipinski definition) is 0. The first-order chi connectivity index (χ1) is 10.0. The van der Waals surface area contributed by atoms with Crippen LogP contribution in [-0.4, -0.2) is 12.3 Å². The fraction of sp³-hybridized carbons (Fsp3) is 0.125. The van der Waals surface area contributed by atoms with Crippen LogP contribution < -0.4 is 9.47 Å². The van der Waals surface area contributed by atoms with Crippen molar-refractivity contribution in [3.8, 4) is 11.5 Å². The second-order valence-electron chi connectivity index (χ2n) is 4.54. The third-order valence-corrected chi connectivity index (χ3v) is 3.00. The predicted molar refractivity (Wildman–Crippen MR) is 72.0 cm³/mol. The average Bonchev–Trinajstić information content (AvgIpc) is 2.46. The summed E-state index contributed by atoms with van der Waals surface area (Å²) in [6.45, 7) is 0. The van der Waals surface area contributed by atoms with Crippen molar-refractivity contribution in [2.45, 2.75) is 12.3 Å². The Hall–Kier alpha value is -2.43. The van der Waals surface area contributed by atoms with Crippen LogP contribution >= 0.6 is 0 Å². The van der Waals surface area contributed by atoms with E-state index in [-0.39, 0.29) is 11.5 Å². The third kappa shape index (κ3) is 2.86. The molecule has 0 fully saturated rings. The molecule has 108 valence electrons. The van der Waals surface area contributed by atoms with Crippen LogP contribution in [0.1, 0.15) is 5.56 Å². The van der Waals surface area contributed by atoms with E-state index in [2.05, 4.69) is 0 Å². The van der Waals surface area contributed by atoms with E-state index in [4.69, 9.17) is 9.47 Å². The lowest BCUT2D eigenvalue weighted by molar-refractivity contribution is -0.190. The highest BCUT2D eigenvalue weighted by Gasteiger charge is 2.47. The van der Waals surface area contributed by atoms with Gasteiger partial charge in [0.15, 0.2) is 5.76 Å². The van der Waals surface area contributed by atoms with E-state index in [1.54, 1.807) is 48.5 Å². The Balaban J connectivity index is 1.99. The van der Waals surface area contributed by atoms with Gasteiger partial charge in [0, 0.05) is 5.56 Å². The second kappa shape index (κ2) is 5.16. The van der Waals surface area contributed by atoms with Crippen molar-refractivity contribution in [2.24, 2.45) is 0 Å². The number of rotatable bonds is 2. The third-order valence-electron chi connectivity index (χ3n) is 3.00. The molecule has 0 saturated carbocycles. The Labute approximate surface area is 119 Å². The van der Waals surface area contributed by atoms with E-state index in [0.29, 0.717) is 11.3 Å². The van der Waals surface area contributed by atoms with Gasteiger partial charge >= 0.3 is 6.18 Å². The molecule has 5 heteroatoms. The number of halogens is 3. The van der Waals surface area contributed by atoms with Gasteiger partial charge in [-0.1, -0.05) is 36.4 Å². The summed E-state index contributed by atoms with van der Waals surface area (Å²) in [7, 11) is 0. The molecule has 2 aromatic carbocycles. The van der Waals surface area contributed by atoms with Crippen LogP contribution in [0.15, 0.2) is 60.4 Å². The molecule has 0 spiro atoms. The van der Waals surface area contributed by atoms with Gasteiger partial charge in [0.05, 0.1) is 0 Å². The van der Waals surface area contributed by atoms with Crippen molar-refractivity contribution in [3.63, 3.8) is 0 Å². The summed E-state index contributed by atoms with van der Waals surface area (Å²) in [5, 5.41) is 0. The molecule has 0 saturated heterocycles. The zero-order valence-electron chi connectivity index (χ0n) is 10.8. The Kier molecular flexibility index (Phi) is 3.33. The topological polar surface area (TPSA) is 18.5 Å². The second-order valence-corrected chi connectivity index (χ2v) is 4.54. The van der Waals surface area contributed by atoms with Crippen LogP contribution in [0.2, 0.25) is 0 Å². The predicted octanol–water partition coefficient (Wildman–Crippen LogP) is 4.43. The summed E-state index contributed by atoms with van der Waals surface area (Å²) >= 11 is 0. The number of hydrogen-bond acceptors (Lipinski definition) is 2. The van der Waals surface area contributed by atoms with Crippen LogP contribution in [0, 0.1) is 0 Å². The Bertz CT molecular complexity index is 663. The van der Waals surface area contributed by atoms with E-state index in [1.807, 2.05) is 0 Å². The van der Waals surface area contributed by atoms with E-state index in [1.165, 1.54) is 12.1 Å². The molecular formula is C16H11F3O2. The highest BCUT2D eigenvalue weighted by Crippen LogP contribution is 2.37. The van der Waals surface area contributed by atoms with Crippen molar-refractivity contribution in [1.29, 1.82) is 0 Å². The molecule has 0 aliphatic carbocycles. The number of para-hydroxylation sites is 2. The van der Waals surface area contributed by atoms with Crippen molar-refractivity contribution in [1.82, 2.24) is 0 Å². The molecular weight excluding hydrogens is 281 g/mol. The van der Waals surface area contributed by atoms with Gasteiger partial charge in [-0.05, 0) is 24.3 Å². The van der Waals surface area contributed by atoms with Gasteiger partial charge in [0.25, 0.3) is 6.10 Å². The van der Waals surface area contributed by atoms with Crippen LogP contribution in [-0.2, 0) is 0 Å². The first kappa shape index (κ1) is 13.5. The maximum absolute atomic E-state index is 13.1. The molecule has 0 amide bonds. The molecule has 1 atom stereocenters. The fourth-order valence-electron chi connectivity index (χ4n) is 2.06. The van der Waals surface area contributed by atoms with Crippen molar-refractivity contribution in [3.05, 3.63) is 65.9 Å². The Morgan fingerprint density at radius 2 is 1.57 bits per heavy atom. The maximum atomic E-state index is 13.1. The van der Waals surface area contributed by atoms with Gasteiger partial charge in [-0.25, -0.2) is 0 Å². The number of fused-ring (bicyclic) bond motifs is 1. The lowest BCUT2D eigenvalue weighted by Crippen LogP contribution is -2.39. The van der Waals surface area contributed by atoms with Gasteiger partial charge in [-0.2, -0.15) is 13.2 Å². The lowest BCUT2D eigenvalue weighted by atomic mass is 10.1. The number of alkyl halides is 3. The maximum Gasteiger partial charge on any atom is 0.432 e. The van der Waals surface area contributed by atoms with E-state index >= 15 is 0 Å². The quantitative estimate of drug-likeness (QED) is 0.815. The van der Waals surface area contributed by atoms with Gasteiger partial charge in [-0.3, -0.25) is 0 Å². The normalized spacial score (nSPS) is 17.5. The molecule has 0 aromatic heterocycles. The molecule has 0 N–H and O–H groups in total. The van der Waals surface area contributed by atoms with Crippen molar-refractivity contribution < 1.29 is 22.6 Å². The van der Waals surface area contributed by atoms with Crippen LogP contribution in [0.3, 0.4) is 0 Å². The Morgan fingerprint density at radius 1 is 0.905 bits per heavy atom. The summed E-state index contributed by atoms with van der Waals surface area (Å²) in [6, 6.07) is 14.9. The van der Waals surface area contributed by atoms with E-state index in [0.717, 1.165) is 0 Å². The van der Waals surface area contributed by atoms with Gasteiger partial charge in [0.2, 0.25) is 0 Å². The highest BCUT2D eigenvalue weighted by atomic mass is 19.4. The zero-order valence-corrected chi connectivity index (χ0v) is 10.8. The summed E-state index contributed by atoms with van der Waals surface area (Å²) in [4.78, 5) is 0. The molecule has 2 nitrogen and oxygen atoms in total. The summed E-state index contributed by atoms with van der Waals surface area (Å²) in [6.07, 6.45) is -5.29. The summed E-state index contributed by atoms with van der Waals surface area (Å²) in [5.74, 6) is 0.258. The lowest BCUT2D eigenvalue weighted by Gasteiger charge is -2.28. The minimum atomic E-state index is -4.55. The molecule has 1 heterocycles. The minimum Gasteiger partial charge on any atom is -0.472 e. The van der Waals surface area contributed by atoms with E-state index < -0.39 is 12.3 Å². The van der Waals surface area contributed by atoms with Gasteiger partial charge in [-0.15, -0.1) is 0 Å². The standard InChI is InChI=1S/C16H11F3O2/c17-16(18,19)15-14(20-12-7-2-1-3-8-12)10-11-6-4-5-9-13(11)21-15/h1-10,15H. The van der Waals surface area contributed by atoms with Crippen molar-refractivity contribution in [2.75, 3.05) is 0 Å². The molecule has 0 bridgehead atoms. The molecule has 21 heavy (non-hydrogen) atoms. The smallest absolute Gasteiger partial charge is 0.432 e.